The summed E-state index contributed by atoms with van der Waals surface area (Å²) >= 11 is 0. The minimum Gasteiger partial charge on any atom is -0.492 e. The van der Waals surface area contributed by atoms with E-state index in [-0.39, 0.29) is 6.54 Å². The van der Waals surface area contributed by atoms with E-state index in [1.54, 1.807) is 12.1 Å². The van der Waals surface area contributed by atoms with Crippen LogP contribution >= 0.6 is 0 Å². The van der Waals surface area contributed by atoms with Gasteiger partial charge in [0.25, 0.3) is 10.0 Å². The fourth-order valence-electron chi connectivity index (χ4n) is 3.08. The first-order chi connectivity index (χ1) is 11.6. The summed E-state index contributed by atoms with van der Waals surface area (Å²) < 4.78 is 32.8. The lowest BCUT2D eigenvalue weighted by atomic mass is 10.1. The Balaban J connectivity index is 1.60. The summed E-state index contributed by atoms with van der Waals surface area (Å²) in [6.07, 6.45) is 0. The van der Waals surface area contributed by atoms with Gasteiger partial charge in [-0.15, -0.1) is 0 Å². The summed E-state index contributed by atoms with van der Waals surface area (Å²) in [7, 11) is -3.51. The van der Waals surface area contributed by atoms with Crippen molar-refractivity contribution in [3.63, 3.8) is 0 Å². The van der Waals surface area contributed by atoms with E-state index in [2.05, 4.69) is 0 Å². The van der Waals surface area contributed by atoms with E-state index >= 15 is 0 Å². The molecular formula is C19H17NO3S. The fourth-order valence-corrected chi connectivity index (χ4v) is 4.77. The van der Waals surface area contributed by atoms with Crippen molar-refractivity contribution in [3.05, 3.63) is 66.2 Å². The molecule has 24 heavy (non-hydrogen) atoms. The number of benzene rings is 3. The molecule has 0 spiro atoms. The molecule has 3 aromatic rings. The molecular weight excluding hydrogens is 322 g/mol. The second-order valence-corrected chi connectivity index (χ2v) is 7.70. The van der Waals surface area contributed by atoms with E-state index in [9.17, 15) is 8.42 Å². The minimum absolute atomic E-state index is 0.282. The topological polar surface area (TPSA) is 46.6 Å². The minimum atomic E-state index is -3.51. The molecule has 1 aliphatic heterocycles. The normalized spacial score (nSPS) is 15.0. The van der Waals surface area contributed by atoms with Gasteiger partial charge in [-0.2, -0.15) is 0 Å². The molecule has 0 fully saturated rings. The van der Waals surface area contributed by atoms with Crippen molar-refractivity contribution in [1.29, 1.82) is 0 Å². The number of aryl methyl sites for hydroxylation is 1. The summed E-state index contributed by atoms with van der Waals surface area (Å²) in [6, 6.07) is 18.8. The molecule has 1 aliphatic rings. The second kappa shape index (κ2) is 5.53. The number of hydrogen-bond acceptors (Lipinski definition) is 3. The van der Waals surface area contributed by atoms with Gasteiger partial charge in [0.15, 0.2) is 0 Å². The fraction of sp³-hybridized carbons (Fsp3) is 0.158. The zero-order valence-corrected chi connectivity index (χ0v) is 14.1. The molecule has 4 rings (SSSR count). The van der Waals surface area contributed by atoms with Crippen LogP contribution in [0.15, 0.2) is 65.6 Å². The zero-order valence-electron chi connectivity index (χ0n) is 13.3. The summed E-state index contributed by atoms with van der Waals surface area (Å²) in [6.45, 7) is 2.59. The predicted octanol–water partition coefficient (Wildman–Crippen LogP) is 3.74. The third kappa shape index (κ3) is 2.32. The third-order valence-corrected chi connectivity index (χ3v) is 6.12. The Morgan fingerprint density at radius 3 is 2.42 bits per heavy atom. The number of rotatable bonds is 4. The van der Waals surface area contributed by atoms with Crippen molar-refractivity contribution >= 4 is 26.5 Å². The molecule has 0 N–H and O–H groups in total. The molecule has 0 unspecified atom stereocenters. The average Bonchev–Trinajstić information content (AvgIpc) is 2.80. The Labute approximate surface area is 141 Å². The van der Waals surface area contributed by atoms with E-state index in [1.165, 1.54) is 4.31 Å². The van der Waals surface area contributed by atoms with E-state index in [4.69, 9.17) is 4.74 Å². The molecule has 4 nitrogen and oxygen atoms in total. The Hall–Kier alpha value is -2.53. The van der Waals surface area contributed by atoms with Crippen LogP contribution in [0.2, 0.25) is 0 Å². The molecule has 0 bridgehead atoms. The first kappa shape index (κ1) is 15.0. The van der Waals surface area contributed by atoms with Gasteiger partial charge < -0.3 is 4.74 Å². The van der Waals surface area contributed by atoms with Gasteiger partial charge in [0.05, 0.1) is 17.1 Å². The Bertz CT molecular complexity index is 1010. The van der Waals surface area contributed by atoms with Gasteiger partial charge in [-0.3, -0.25) is 4.31 Å². The third-order valence-electron chi connectivity index (χ3n) is 4.27. The Morgan fingerprint density at radius 2 is 1.67 bits per heavy atom. The highest BCUT2D eigenvalue weighted by Gasteiger charge is 2.35. The molecule has 0 saturated heterocycles. The second-order valence-electron chi connectivity index (χ2n) is 5.87. The van der Waals surface area contributed by atoms with Gasteiger partial charge >= 0.3 is 0 Å². The van der Waals surface area contributed by atoms with Crippen LogP contribution in [0.1, 0.15) is 5.56 Å². The monoisotopic (exact) mass is 339 g/mol. The first-order valence-electron chi connectivity index (χ1n) is 7.81. The van der Waals surface area contributed by atoms with Gasteiger partial charge in [0, 0.05) is 5.39 Å². The summed E-state index contributed by atoms with van der Waals surface area (Å²) in [5, 5.41) is 1.74. The summed E-state index contributed by atoms with van der Waals surface area (Å²) in [5.74, 6) is 0.743. The van der Waals surface area contributed by atoms with Crippen LogP contribution in [-0.2, 0) is 10.0 Å². The van der Waals surface area contributed by atoms with Crippen molar-refractivity contribution < 1.29 is 13.2 Å². The van der Waals surface area contributed by atoms with Crippen LogP contribution in [0.5, 0.6) is 5.75 Å². The lowest BCUT2D eigenvalue weighted by molar-refractivity contribution is 0.328. The van der Waals surface area contributed by atoms with Gasteiger partial charge in [0.1, 0.15) is 12.4 Å². The molecule has 0 aromatic heterocycles. The van der Waals surface area contributed by atoms with Crippen LogP contribution in [-0.4, -0.2) is 21.6 Å². The van der Waals surface area contributed by atoms with Gasteiger partial charge in [-0.25, -0.2) is 8.42 Å². The Kier molecular flexibility index (Phi) is 3.46. The highest BCUT2D eigenvalue weighted by Crippen LogP contribution is 2.41. The highest BCUT2D eigenvalue weighted by atomic mass is 32.2. The smallest absolute Gasteiger partial charge is 0.265 e. The first-order valence-corrected chi connectivity index (χ1v) is 9.25. The number of sulfonamides is 1. The quantitative estimate of drug-likeness (QED) is 0.727. The van der Waals surface area contributed by atoms with Crippen LogP contribution < -0.4 is 9.04 Å². The van der Waals surface area contributed by atoms with Crippen molar-refractivity contribution in [2.75, 3.05) is 17.5 Å². The average molecular weight is 339 g/mol. The molecule has 0 aliphatic carbocycles. The van der Waals surface area contributed by atoms with Crippen LogP contribution in [0.4, 0.5) is 5.69 Å². The maximum atomic E-state index is 12.8. The lowest BCUT2D eigenvalue weighted by Crippen LogP contribution is -2.31. The summed E-state index contributed by atoms with van der Waals surface area (Å²) in [5.41, 5.74) is 1.89. The van der Waals surface area contributed by atoms with Gasteiger partial charge in [0.2, 0.25) is 0 Å². The standard InChI is InChI=1S/C19H17NO3S/c1-14-8-10-16(11-9-14)23-13-12-20-17-6-2-4-15-5-3-7-18(19(15)17)24(20,21)22/h2-11H,12-13H2,1H3. The van der Waals surface area contributed by atoms with Crippen molar-refractivity contribution in [2.45, 2.75) is 11.8 Å². The molecule has 122 valence electrons. The maximum Gasteiger partial charge on any atom is 0.265 e. The number of ether oxygens (including phenoxy) is 1. The van der Waals surface area contributed by atoms with Gasteiger partial charge in [-0.1, -0.05) is 42.0 Å². The van der Waals surface area contributed by atoms with E-state index < -0.39 is 10.0 Å². The maximum absolute atomic E-state index is 12.8. The van der Waals surface area contributed by atoms with E-state index in [0.29, 0.717) is 11.5 Å². The van der Waals surface area contributed by atoms with Crippen LogP contribution in [0.3, 0.4) is 0 Å². The lowest BCUT2D eigenvalue weighted by Gasteiger charge is -2.19. The predicted molar refractivity (Wildman–Crippen MR) is 95.2 cm³/mol. The van der Waals surface area contributed by atoms with Gasteiger partial charge in [-0.05, 0) is 36.6 Å². The van der Waals surface area contributed by atoms with Crippen molar-refractivity contribution in [3.8, 4) is 5.75 Å². The molecule has 3 aromatic carbocycles. The largest absolute Gasteiger partial charge is 0.492 e. The zero-order chi connectivity index (χ0) is 16.7. The molecule has 0 saturated carbocycles. The number of hydrogen-bond donors (Lipinski definition) is 0. The SMILES string of the molecule is Cc1ccc(OCCN2c3cccc4cccc(c34)S2(=O)=O)cc1. The van der Waals surface area contributed by atoms with Crippen molar-refractivity contribution in [2.24, 2.45) is 0 Å². The van der Waals surface area contributed by atoms with E-state index in [0.717, 1.165) is 27.8 Å². The van der Waals surface area contributed by atoms with Crippen LogP contribution in [0, 0.1) is 6.92 Å². The molecule has 0 amide bonds. The number of nitrogens with zero attached hydrogens (tertiary/aromatic N) is 1. The van der Waals surface area contributed by atoms with E-state index in [1.807, 2.05) is 55.5 Å². The molecule has 1 heterocycles. The van der Waals surface area contributed by atoms with Crippen molar-refractivity contribution in [1.82, 2.24) is 0 Å². The Morgan fingerprint density at radius 1 is 0.958 bits per heavy atom. The molecule has 0 atom stereocenters. The summed E-state index contributed by atoms with van der Waals surface area (Å²) in [4.78, 5) is 0.380. The molecule has 0 radical (unpaired) electrons. The van der Waals surface area contributed by atoms with Crippen LogP contribution in [0.25, 0.3) is 10.8 Å². The number of anilines is 1. The highest BCUT2D eigenvalue weighted by molar-refractivity contribution is 7.93. The molecule has 5 heteroatoms.